The number of aromatic nitrogens is 1. The van der Waals surface area contributed by atoms with E-state index in [1.165, 1.54) is 12.5 Å². The number of rotatable bonds is 7. The number of fused-ring (bicyclic) bond motifs is 2. The number of carbonyl (C=O) groups is 2. The van der Waals surface area contributed by atoms with Gasteiger partial charge in [-0.05, 0) is 43.5 Å². The second-order valence-corrected chi connectivity index (χ2v) is 8.70. The maximum absolute atomic E-state index is 12.2. The number of ether oxygens (including phenoxy) is 1. The first-order valence-electron chi connectivity index (χ1n) is 11.4. The van der Waals surface area contributed by atoms with E-state index in [-0.39, 0.29) is 12.4 Å². The zero-order valence-corrected chi connectivity index (χ0v) is 20.2. The van der Waals surface area contributed by atoms with Gasteiger partial charge in [-0.2, -0.15) is 0 Å². The average molecular weight is 461 g/mol. The Labute approximate surface area is 200 Å². The number of Topliss-reactive ketones (excluding diaryl/α,β-unsaturated/α-hetero) is 1. The van der Waals surface area contributed by atoms with Crippen molar-refractivity contribution in [2.75, 3.05) is 0 Å². The Kier molecular flexibility index (Phi) is 8.30. The minimum Gasteiger partial charge on any atom is -0.457 e. The number of para-hydroxylation sites is 2. The molecule has 34 heavy (non-hydrogen) atoms. The molecule has 1 unspecified atom stereocenters. The molecule has 0 spiro atoms. The standard InChI is InChI=1S/C22H20N2O4.C6H12/c1-14(25)20(11-16-12-23-19-8-4-3-7-18(16)19)24-22(26)27-13-17-10-15-6-2-5-9-21(15)28-17;1-5(2)6(3)4/h2-10,12,20,23H,11,13H2,1H3,(H,24,26);6H,1H2,2-4H3. The highest BCUT2D eigenvalue weighted by Crippen LogP contribution is 2.20. The van der Waals surface area contributed by atoms with Crippen molar-refractivity contribution in [3.05, 3.63) is 84.3 Å². The fraction of sp³-hybridized carbons (Fsp3) is 0.286. The summed E-state index contributed by atoms with van der Waals surface area (Å²) in [5, 5.41) is 4.64. The molecular formula is C28H32N2O4. The molecule has 2 aromatic heterocycles. The summed E-state index contributed by atoms with van der Waals surface area (Å²) in [6.45, 7) is 11.5. The van der Waals surface area contributed by atoms with Crippen molar-refractivity contribution in [3.63, 3.8) is 0 Å². The molecule has 6 heteroatoms. The van der Waals surface area contributed by atoms with Crippen molar-refractivity contribution >= 4 is 33.7 Å². The summed E-state index contributed by atoms with van der Waals surface area (Å²) in [5.41, 5.74) is 3.96. The zero-order valence-electron chi connectivity index (χ0n) is 20.2. The van der Waals surface area contributed by atoms with Gasteiger partial charge in [-0.25, -0.2) is 4.79 Å². The molecule has 0 fully saturated rings. The number of alkyl carbamates (subject to hydrolysis) is 1. The van der Waals surface area contributed by atoms with Gasteiger partial charge in [0.2, 0.25) is 0 Å². The molecule has 4 rings (SSSR count). The molecule has 1 atom stereocenters. The van der Waals surface area contributed by atoms with Gasteiger partial charge in [0, 0.05) is 28.9 Å². The highest BCUT2D eigenvalue weighted by Gasteiger charge is 2.20. The van der Waals surface area contributed by atoms with Crippen LogP contribution in [0, 0.1) is 5.92 Å². The second-order valence-electron chi connectivity index (χ2n) is 8.70. The predicted molar refractivity (Wildman–Crippen MR) is 136 cm³/mol. The first-order chi connectivity index (χ1) is 16.2. The van der Waals surface area contributed by atoms with Crippen molar-refractivity contribution < 1.29 is 18.7 Å². The number of nitrogens with one attached hydrogen (secondary N) is 2. The molecule has 0 aliphatic heterocycles. The van der Waals surface area contributed by atoms with Crippen molar-refractivity contribution in [1.29, 1.82) is 0 Å². The monoisotopic (exact) mass is 460 g/mol. The number of hydrogen-bond donors (Lipinski definition) is 2. The maximum Gasteiger partial charge on any atom is 0.408 e. The van der Waals surface area contributed by atoms with Gasteiger partial charge in [-0.3, -0.25) is 4.79 Å². The molecule has 0 saturated carbocycles. The molecule has 2 heterocycles. The Bertz CT molecular complexity index is 1250. The van der Waals surface area contributed by atoms with Crippen LogP contribution >= 0.6 is 0 Å². The highest BCUT2D eigenvalue weighted by atomic mass is 16.6. The largest absolute Gasteiger partial charge is 0.457 e. The third kappa shape index (κ3) is 6.61. The van der Waals surface area contributed by atoms with Gasteiger partial charge in [0.15, 0.2) is 12.4 Å². The summed E-state index contributed by atoms with van der Waals surface area (Å²) in [6, 6.07) is 16.6. The fourth-order valence-corrected chi connectivity index (χ4v) is 3.25. The Morgan fingerprint density at radius 2 is 1.76 bits per heavy atom. The lowest BCUT2D eigenvalue weighted by atomic mass is 10.0. The average Bonchev–Trinajstić information content (AvgIpc) is 3.41. The molecule has 2 N–H and O–H groups in total. The quantitative estimate of drug-likeness (QED) is 0.306. The fourth-order valence-electron chi connectivity index (χ4n) is 3.25. The summed E-state index contributed by atoms with van der Waals surface area (Å²) in [4.78, 5) is 27.4. The molecule has 1 amide bonds. The van der Waals surface area contributed by atoms with Crippen LogP contribution in [0.2, 0.25) is 0 Å². The number of ketones is 1. The van der Waals surface area contributed by atoms with Crippen molar-refractivity contribution in [2.24, 2.45) is 5.92 Å². The van der Waals surface area contributed by atoms with Crippen molar-refractivity contribution in [1.82, 2.24) is 10.3 Å². The van der Waals surface area contributed by atoms with Crippen LogP contribution in [0.4, 0.5) is 4.79 Å². The minimum absolute atomic E-state index is 0.00176. The van der Waals surface area contributed by atoms with Gasteiger partial charge < -0.3 is 19.5 Å². The lowest BCUT2D eigenvalue weighted by Gasteiger charge is -2.15. The van der Waals surface area contributed by atoms with Gasteiger partial charge in [-0.15, -0.1) is 0 Å². The van der Waals surface area contributed by atoms with E-state index >= 15 is 0 Å². The third-order valence-electron chi connectivity index (χ3n) is 5.69. The number of amides is 1. The van der Waals surface area contributed by atoms with E-state index in [4.69, 9.17) is 9.15 Å². The van der Waals surface area contributed by atoms with Crippen LogP contribution in [-0.2, 0) is 22.6 Å². The number of aromatic amines is 1. The molecule has 0 aliphatic carbocycles. The van der Waals surface area contributed by atoms with Gasteiger partial charge in [0.05, 0.1) is 6.04 Å². The van der Waals surface area contributed by atoms with E-state index in [0.29, 0.717) is 18.1 Å². The summed E-state index contributed by atoms with van der Waals surface area (Å²) >= 11 is 0. The molecule has 4 aromatic rings. The van der Waals surface area contributed by atoms with Crippen LogP contribution in [0.3, 0.4) is 0 Å². The highest BCUT2D eigenvalue weighted by molar-refractivity contribution is 5.88. The third-order valence-corrected chi connectivity index (χ3v) is 5.69. The smallest absolute Gasteiger partial charge is 0.408 e. The Morgan fingerprint density at radius 3 is 2.44 bits per heavy atom. The summed E-state index contributed by atoms with van der Waals surface area (Å²) < 4.78 is 10.9. The van der Waals surface area contributed by atoms with E-state index in [9.17, 15) is 9.59 Å². The number of carbonyl (C=O) groups excluding carboxylic acids is 2. The van der Waals surface area contributed by atoms with E-state index in [1.807, 2.05) is 67.7 Å². The Morgan fingerprint density at radius 1 is 1.09 bits per heavy atom. The topological polar surface area (TPSA) is 84.3 Å². The van der Waals surface area contributed by atoms with Gasteiger partial charge in [-0.1, -0.05) is 62.4 Å². The van der Waals surface area contributed by atoms with E-state index in [2.05, 4.69) is 30.7 Å². The van der Waals surface area contributed by atoms with Crippen molar-refractivity contribution in [3.8, 4) is 0 Å². The van der Waals surface area contributed by atoms with Gasteiger partial charge in [0.25, 0.3) is 0 Å². The van der Waals surface area contributed by atoms with E-state index in [1.54, 1.807) is 0 Å². The van der Waals surface area contributed by atoms with Crippen LogP contribution in [0.25, 0.3) is 21.9 Å². The number of allylic oxidation sites excluding steroid dienone is 1. The molecule has 178 valence electrons. The zero-order chi connectivity index (χ0) is 24.7. The number of H-pyrrole nitrogens is 1. The Hall–Kier alpha value is -3.80. The second kappa shape index (κ2) is 11.4. The van der Waals surface area contributed by atoms with Crippen molar-refractivity contribution in [2.45, 2.75) is 46.8 Å². The molecule has 0 bridgehead atoms. The maximum atomic E-state index is 12.2. The van der Waals surface area contributed by atoms with Crippen LogP contribution in [-0.4, -0.2) is 22.9 Å². The number of furan rings is 1. The minimum atomic E-state index is -0.664. The SMILES string of the molecule is C=C(C)C(C)C.CC(=O)C(Cc1c[nH]c2ccccc12)NC(=O)OCc1cc2ccccc2o1. The number of benzene rings is 2. The molecule has 0 radical (unpaired) electrons. The van der Waals surface area contributed by atoms with Crippen LogP contribution in [0.5, 0.6) is 0 Å². The van der Waals surface area contributed by atoms with Crippen LogP contribution < -0.4 is 5.32 Å². The van der Waals surface area contributed by atoms with E-state index in [0.717, 1.165) is 27.4 Å². The Balaban J connectivity index is 0.000000481. The molecule has 0 saturated heterocycles. The summed E-state index contributed by atoms with van der Waals surface area (Å²) in [6.07, 6.45) is 1.60. The number of hydrogen-bond acceptors (Lipinski definition) is 4. The van der Waals surface area contributed by atoms with Crippen LogP contribution in [0.15, 0.2) is 77.4 Å². The lowest BCUT2D eigenvalue weighted by Crippen LogP contribution is -2.41. The first-order valence-corrected chi connectivity index (χ1v) is 11.4. The van der Waals surface area contributed by atoms with E-state index < -0.39 is 12.1 Å². The normalized spacial score (nSPS) is 11.7. The van der Waals surface area contributed by atoms with Crippen LogP contribution in [0.1, 0.15) is 39.0 Å². The molecule has 0 aliphatic rings. The first kappa shape index (κ1) is 24.8. The van der Waals surface area contributed by atoms with Gasteiger partial charge in [0.1, 0.15) is 11.3 Å². The van der Waals surface area contributed by atoms with Gasteiger partial charge >= 0.3 is 6.09 Å². The lowest BCUT2D eigenvalue weighted by molar-refractivity contribution is -0.118. The summed E-state index contributed by atoms with van der Waals surface area (Å²) in [5.74, 6) is 1.07. The summed E-state index contributed by atoms with van der Waals surface area (Å²) in [7, 11) is 0. The predicted octanol–water partition coefficient (Wildman–Crippen LogP) is 6.56. The molecule has 6 nitrogen and oxygen atoms in total. The molecule has 2 aromatic carbocycles. The molecular weight excluding hydrogens is 428 g/mol.